The maximum absolute atomic E-state index is 7.21. The van der Waals surface area contributed by atoms with Crippen LogP contribution in [0.5, 0.6) is 0 Å². The molecule has 0 aromatic heterocycles. The molecule has 2 nitrogen and oxygen atoms in total. The third-order valence-electron chi connectivity index (χ3n) is 2.15. The summed E-state index contributed by atoms with van der Waals surface area (Å²) >= 11 is 0. The highest BCUT2D eigenvalue weighted by Crippen LogP contribution is 2.20. The molecule has 0 spiro atoms. The zero-order chi connectivity index (χ0) is 11.5. The number of amidine groups is 1. The molecule has 0 unspecified atom stereocenters. The van der Waals surface area contributed by atoms with Gasteiger partial charge in [0.1, 0.15) is 0 Å². The van der Waals surface area contributed by atoms with Gasteiger partial charge in [-0.25, -0.2) is 0 Å². The van der Waals surface area contributed by atoms with Crippen molar-refractivity contribution in [2.24, 2.45) is 11.1 Å². The minimum Gasteiger partial charge on any atom is -0.387 e. The number of nitrogens with two attached hydrogens (primary N) is 1. The second-order valence-electron chi connectivity index (χ2n) is 5.26. The first-order chi connectivity index (χ1) is 6.87. The normalized spacial score (nSPS) is 11.4. The number of nitrogens with one attached hydrogen (secondary N) is 1. The van der Waals surface area contributed by atoms with Gasteiger partial charge in [0.05, 0.1) is 5.84 Å². The molecule has 0 bridgehead atoms. The monoisotopic (exact) mass is 204 g/mol. The summed E-state index contributed by atoms with van der Waals surface area (Å²) in [5.41, 5.74) is 8.12. The maximum atomic E-state index is 7.21. The summed E-state index contributed by atoms with van der Waals surface area (Å²) in [6.45, 7) is 6.70. The van der Waals surface area contributed by atoms with Crippen LogP contribution in [0.25, 0.3) is 0 Å². The molecule has 15 heavy (non-hydrogen) atoms. The van der Waals surface area contributed by atoms with Crippen molar-refractivity contribution in [1.82, 2.24) is 0 Å². The van der Waals surface area contributed by atoms with Gasteiger partial charge in [-0.1, -0.05) is 45.0 Å². The van der Waals surface area contributed by atoms with Gasteiger partial charge < -0.3 is 5.73 Å². The van der Waals surface area contributed by atoms with E-state index >= 15 is 0 Å². The van der Waals surface area contributed by atoms with E-state index in [0.717, 1.165) is 12.0 Å². The minimum absolute atomic E-state index is 0.221. The predicted molar refractivity (Wildman–Crippen MR) is 65.2 cm³/mol. The maximum Gasteiger partial charge on any atom is 0.0950 e. The van der Waals surface area contributed by atoms with Gasteiger partial charge in [0.25, 0.3) is 0 Å². The second-order valence-corrected chi connectivity index (χ2v) is 5.26. The van der Waals surface area contributed by atoms with Gasteiger partial charge in [0.15, 0.2) is 0 Å². The highest BCUT2D eigenvalue weighted by Gasteiger charge is 2.10. The first-order valence-corrected chi connectivity index (χ1v) is 5.27. The summed E-state index contributed by atoms with van der Waals surface area (Å²) in [7, 11) is 0. The van der Waals surface area contributed by atoms with Crippen LogP contribution in [0.3, 0.4) is 0 Å². The van der Waals surface area contributed by atoms with E-state index in [1.54, 1.807) is 0 Å². The van der Waals surface area contributed by atoms with Crippen molar-refractivity contribution in [2.45, 2.75) is 33.6 Å². The van der Waals surface area contributed by atoms with E-state index in [9.17, 15) is 0 Å². The van der Waals surface area contributed by atoms with E-state index in [0.29, 0.717) is 11.8 Å². The zero-order valence-electron chi connectivity index (χ0n) is 9.80. The van der Waals surface area contributed by atoms with E-state index in [4.69, 9.17) is 11.1 Å². The molecule has 1 aromatic rings. The SMILES string of the molecule is CC(C)(C)Cc1ccc(CC(=N)N)cc1. The second kappa shape index (κ2) is 4.47. The number of hydrogen-bond acceptors (Lipinski definition) is 1. The van der Waals surface area contributed by atoms with Gasteiger partial charge >= 0.3 is 0 Å². The molecule has 0 saturated heterocycles. The molecular formula is C13H20N2. The Hall–Kier alpha value is -1.31. The van der Waals surface area contributed by atoms with Gasteiger partial charge in [0.2, 0.25) is 0 Å². The zero-order valence-corrected chi connectivity index (χ0v) is 9.80. The first kappa shape index (κ1) is 11.8. The number of rotatable bonds is 3. The Labute approximate surface area is 92.0 Å². The fourth-order valence-electron chi connectivity index (χ4n) is 1.61. The van der Waals surface area contributed by atoms with Crippen molar-refractivity contribution in [3.05, 3.63) is 35.4 Å². The van der Waals surface area contributed by atoms with Crippen LogP contribution in [0.2, 0.25) is 0 Å². The molecule has 3 N–H and O–H groups in total. The molecular weight excluding hydrogens is 184 g/mol. The molecule has 0 fully saturated rings. The Balaban J connectivity index is 2.68. The van der Waals surface area contributed by atoms with Gasteiger partial charge in [-0.15, -0.1) is 0 Å². The quantitative estimate of drug-likeness (QED) is 0.577. The third kappa shape index (κ3) is 4.63. The fourth-order valence-corrected chi connectivity index (χ4v) is 1.61. The van der Waals surface area contributed by atoms with Crippen LogP contribution < -0.4 is 5.73 Å². The molecule has 0 radical (unpaired) electrons. The Morgan fingerprint density at radius 3 is 2.00 bits per heavy atom. The molecule has 0 saturated carbocycles. The molecule has 0 aliphatic rings. The van der Waals surface area contributed by atoms with Gasteiger partial charge in [-0.05, 0) is 23.0 Å². The van der Waals surface area contributed by atoms with Crippen LogP contribution in [0, 0.1) is 10.8 Å². The summed E-state index contributed by atoms with van der Waals surface area (Å²) in [5, 5.41) is 7.21. The average molecular weight is 204 g/mol. The van der Waals surface area contributed by atoms with Crippen molar-refractivity contribution in [2.75, 3.05) is 0 Å². The third-order valence-corrected chi connectivity index (χ3v) is 2.15. The Kier molecular flexibility index (Phi) is 3.51. The van der Waals surface area contributed by atoms with Crippen molar-refractivity contribution in [3.63, 3.8) is 0 Å². The molecule has 1 rings (SSSR count). The molecule has 1 aromatic carbocycles. The number of hydrogen-bond donors (Lipinski definition) is 2. The van der Waals surface area contributed by atoms with Gasteiger partial charge in [0, 0.05) is 6.42 Å². The molecule has 0 aliphatic heterocycles. The van der Waals surface area contributed by atoms with Crippen LogP contribution in [0.4, 0.5) is 0 Å². The molecule has 0 atom stereocenters. The lowest BCUT2D eigenvalue weighted by Gasteiger charge is -2.18. The summed E-state index contributed by atoms with van der Waals surface area (Å²) in [5.74, 6) is 0.221. The summed E-state index contributed by atoms with van der Waals surface area (Å²) in [6, 6.07) is 8.37. The highest BCUT2D eigenvalue weighted by atomic mass is 14.7. The van der Waals surface area contributed by atoms with E-state index in [2.05, 4.69) is 45.0 Å². The lowest BCUT2D eigenvalue weighted by Crippen LogP contribution is -2.13. The van der Waals surface area contributed by atoms with Gasteiger partial charge in [-0.2, -0.15) is 0 Å². The van der Waals surface area contributed by atoms with Crippen molar-refractivity contribution in [3.8, 4) is 0 Å². The summed E-state index contributed by atoms with van der Waals surface area (Å²) < 4.78 is 0. The minimum atomic E-state index is 0.221. The molecule has 0 aliphatic carbocycles. The Morgan fingerprint density at radius 2 is 1.60 bits per heavy atom. The van der Waals surface area contributed by atoms with Crippen LogP contribution in [-0.4, -0.2) is 5.84 Å². The molecule has 0 heterocycles. The van der Waals surface area contributed by atoms with Gasteiger partial charge in [-0.3, -0.25) is 5.41 Å². The fraction of sp³-hybridized carbons (Fsp3) is 0.462. The van der Waals surface area contributed by atoms with Crippen molar-refractivity contribution in [1.29, 1.82) is 5.41 Å². The van der Waals surface area contributed by atoms with E-state index in [1.165, 1.54) is 5.56 Å². The predicted octanol–water partition coefficient (Wildman–Crippen LogP) is 2.75. The summed E-state index contributed by atoms with van der Waals surface area (Å²) in [4.78, 5) is 0. The first-order valence-electron chi connectivity index (χ1n) is 5.27. The van der Waals surface area contributed by atoms with Crippen LogP contribution in [-0.2, 0) is 12.8 Å². The number of benzene rings is 1. The summed E-state index contributed by atoms with van der Waals surface area (Å²) in [6.07, 6.45) is 1.63. The standard InChI is InChI=1S/C13H20N2/c1-13(2,3)9-11-6-4-10(5-7-11)8-12(14)15/h4-7H,8-9H2,1-3H3,(H3,14,15). The average Bonchev–Trinajstić information content (AvgIpc) is 2.05. The largest absolute Gasteiger partial charge is 0.387 e. The van der Waals surface area contributed by atoms with Crippen LogP contribution in [0.1, 0.15) is 31.9 Å². The Bertz CT molecular complexity index is 331. The van der Waals surface area contributed by atoms with Crippen molar-refractivity contribution < 1.29 is 0 Å². The molecule has 0 amide bonds. The topological polar surface area (TPSA) is 49.9 Å². The molecule has 2 heteroatoms. The smallest absolute Gasteiger partial charge is 0.0950 e. The Morgan fingerprint density at radius 1 is 1.13 bits per heavy atom. The van der Waals surface area contributed by atoms with E-state index in [-0.39, 0.29) is 5.84 Å². The van der Waals surface area contributed by atoms with E-state index in [1.807, 2.05) is 0 Å². The van der Waals surface area contributed by atoms with Crippen LogP contribution >= 0.6 is 0 Å². The lowest BCUT2D eigenvalue weighted by atomic mass is 9.88. The van der Waals surface area contributed by atoms with E-state index < -0.39 is 0 Å². The highest BCUT2D eigenvalue weighted by molar-refractivity contribution is 5.79. The van der Waals surface area contributed by atoms with Crippen molar-refractivity contribution >= 4 is 5.84 Å². The lowest BCUT2D eigenvalue weighted by molar-refractivity contribution is 0.411. The molecule has 82 valence electrons. The van der Waals surface area contributed by atoms with Crippen LogP contribution in [0.15, 0.2) is 24.3 Å².